The molecule has 0 aliphatic heterocycles. The van der Waals surface area contributed by atoms with Crippen LogP contribution in [0.2, 0.25) is 0 Å². The molecule has 0 spiro atoms. The number of carbonyl (C=O) groups is 1. The van der Waals surface area contributed by atoms with Crippen molar-refractivity contribution in [2.24, 2.45) is 0 Å². The van der Waals surface area contributed by atoms with Crippen molar-refractivity contribution in [3.63, 3.8) is 0 Å². The van der Waals surface area contributed by atoms with Crippen LogP contribution >= 0.6 is 0 Å². The SMILES string of the molecule is CC(CC(=O)O)N(C)c1ccc2c(c1)CCCC2. The van der Waals surface area contributed by atoms with Gasteiger partial charge in [-0.15, -0.1) is 0 Å². The monoisotopic (exact) mass is 247 g/mol. The molecule has 1 aliphatic carbocycles. The van der Waals surface area contributed by atoms with Crippen LogP contribution in [0.1, 0.15) is 37.3 Å². The van der Waals surface area contributed by atoms with Crippen molar-refractivity contribution in [1.82, 2.24) is 0 Å². The smallest absolute Gasteiger partial charge is 0.305 e. The maximum Gasteiger partial charge on any atom is 0.305 e. The molecule has 1 unspecified atom stereocenters. The minimum absolute atomic E-state index is 0.0177. The number of nitrogens with zero attached hydrogens (tertiary/aromatic N) is 1. The van der Waals surface area contributed by atoms with E-state index in [0.717, 1.165) is 12.1 Å². The molecule has 0 fully saturated rings. The lowest BCUT2D eigenvalue weighted by molar-refractivity contribution is -0.137. The molecule has 3 nitrogen and oxygen atoms in total. The first-order valence-corrected chi connectivity index (χ1v) is 6.64. The Morgan fingerprint density at radius 1 is 1.33 bits per heavy atom. The molecule has 18 heavy (non-hydrogen) atoms. The van der Waals surface area contributed by atoms with Crippen molar-refractivity contribution in [2.45, 2.75) is 45.1 Å². The van der Waals surface area contributed by atoms with E-state index in [-0.39, 0.29) is 12.5 Å². The Hall–Kier alpha value is -1.51. The highest BCUT2D eigenvalue weighted by molar-refractivity contribution is 5.68. The van der Waals surface area contributed by atoms with E-state index in [1.807, 2.05) is 14.0 Å². The van der Waals surface area contributed by atoms with Crippen molar-refractivity contribution >= 4 is 11.7 Å². The van der Waals surface area contributed by atoms with Gasteiger partial charge in [0.2, 0.25) is 0 Å². The highest BCUT2D eigenvalue weighted by Gasteiger charge is 2.16. The number of fused-ring (bicyclic) bond motifs is 1. The van der Waals surface area contributed by atoms with Crippen molar-refractivity contribution in [3.8, 4) is 0 Å². The van der Waals surface area contributed by atoms with Crippen LogP contribution < -0.4 is 4.90 Å². The van der Waals surface area contributed by atoms with Crippen LogP contribution in [0.5, 0.6) is 0 Å². The summed E-state index contributed by atoms with van der Waals surface area (Å²) < 4.78 is 0. The van der Waals surface area contributed by atoms with Gasteiger partial charge >= 0.3 is 5.97 Å². The fourth-order valence-corrected chi connectivity index (χ4v) is 2.58. The maximum absolute atomic E-state index is 10.8. The molecule has 0 bridgehead atoms. The summed E-state index contributed by atoms with van der Waals surface area (Å²) in [4.78, 5) is 12.8. The quantitative estimate of drug-likeness (QED) is 0.889. The van der Waals surface area contributed by atoms with E-state index in [2.05, 4.69) is 23.1 Å². The summed E-state index contributed by atoms with van der Waals surface area (Å²) in [6.07, 6.45) is 5.07. The molecule has 0 aromatic heterocycles. The van der Waals surface area contributed by atoms with E-state index in [1.54, 1.807) is 0 Å². The van der Waals surface area contributed by atoms with Crippen LogP contribution in [0.4, 0.5) is 5.69 Å². The zero-order valence-corrected chi connectivity index (χ0v) is 11.1. The molecular weight excluding hydrogens is 226 g/mol. The van der Waals surface area contributed by atoms with Gasteiger partial charge in [0.25, 0.3) is 0 Å². The van der Waals surface area contributed by atoms with Crippen molar-refractivity contribution < 1.29 is 9.90 Å². The predicted octanol–water partition coefficient (Wildman–Crippen LogP) is 2.86. The molecule has 1 aromatic carbocycles. The zero-order valence-electron chi connectivity index (χ0n) is 11.1. The Balaban J connectivity index is 2.15. The second-order valence-electron chi connectivity index (χ2n) is 5.22. The van der Waals surface area contributed by atoms with E-state index < -0.39 is 5.97 Å². The summed E-state index contributed by atoms with van der Waals surface area (Å²) in [7, 11) is 1.97. The number of aryl methyl sites for hydroxylation is 2. The standard InChI is InChI=1S/C15H21NO2/c1-11(9-15(17)18)16(2)14-8-7-12-5-3-4-6-13(12)10-14/h7-8,10-11H,3-6,9H2,1-2H3,(H,17,18). The van der Waals surface area contributed by atoms with Crippen LogP contribution in [-0.2, 0) is 17.6 Å². The fraction of sp³-hybridized carbons (Fsp3) is 0.533. The van der Waals surface area contributed by atoms with Gasteiger partial charge in [0.15, 0.2) is 0 Å². The third kappa shape index (κ3) is 2.84. The van der Waals surface area contributed by atoms with E-state index in [0.29, 0.717) is 0 Å². The lowest BCUT2D eigenvalue weighted by Gasteiger charge is -2.27. The van der Waals surface area contributed by atoms with E-state index in [1.165, 1.54) is 30.4 Å². The molecule has 1 atom stereocenters. The number of hydrogen-bond donors (Lipinski definition) is 1. The molecule has 1 aromatic rings. The van der Waals surface area contributed by atoms with Gasteiger partial charge in [0, 0.05) is 18.8 Å². The Kier molecular flexibility index (Phi) is 3.90. The Morgan fingerprint density at radius 3 is 2.67 bits per heavy atom. The summed E-state index contributed by atoms with van der Waals surface area (Å²) in [6.45, 7) is 1.95. The van der Waals surface area contributed by atoms with Gasteiger partial charge in [-0.1, -0.05) is 6.07 Å². The fourth-order valence-electron chi connectivity index (χ4n) is 2.58. The van der Waals surface area contributed by atoms with Gasteiger partial charge in [0.1, 0.15) is 0 Å². The van der Waals surface area contributed by atoms with Crippen LogP contribution in [0.25, 0.3) is 0 Å². The summed E-state index contributed by atoms with van der Waals surface area (Å²) in [5.41, 5.74) is 4.03. The van der Waals surface area contributed by atoms with Gasteiger partial charge < -0.3 is 10.0 Å². The van der Waals surface area contributed by atoms with Crippen molar-refractivity contribution in [2.75, 3.05) is 11.9 Å². The lowest BCUT2D eigenvalue weighted by atomic mass is 9.91. The third-order valence-corrected chi connectivity index (χ3v) is 3.87. The van der Waals surface area contributed by atoms with Gasteiger partial charge in [-0.3, -0.25) is 4.79 Å². The summed E-state index contributed by atoms with van der Waals surface area (Å²) >= 11 is 0. The maximum atomic E-state index is 10.8. The van der Waals surface area contributed by atoms with E-state index in [9.17, 15) is 4.79 Å². The molecule has 0 heterocycles. The predicted molar refractivity (Wildman–Crippen MR) is 73.2 cm³/mol. The normalized spacial score (nSPS) is 15.9. The van der Waals surface area contributed by atoms with Gasteiger partial charge in [-0.25, -0.2) is 0 Å². The number of carboxylic acids is 1. The topological polar surface area (TPSA) is 40.5 Å². The van der Waals surface area contributed by atoms with Crippen LogP contribution in [0.3, 0.4) is 0 Å². The average molecular weight is 247 g/mol. The Labute approximate surface area is 108 Å². The average Bonchev–Trinajstić information content (AvgIpc) is 2.36. The van der Waals surface area contributed by atoms with Gasteiger partial charge in [-0.05, 0) is 55.9 Å². The number of carboxylic acid groups (broad SMARTS) is 1. The minimum atomic E-state index is -0.743. The van der Waals surface area contributed by atoms with Gasteiger partial charge in [-0.2, -0.15) is 0 Å². The zero-order chi connectivity index (χ0) is 13.1. The van der Waals surface area contributed by atoms with Crippen molar-refractivity contribution in [1.29, 1.82) is 0 Å². The first kappa shape index (κ1) is 12.9. The highest BCUT2D eigenvalue weighted by atomic mass is 16.4. The first-order valence-electron chi connectivity index (χ1n) is 6.64. The second kappa shape index (κ2) is 5.42. The Morgan fingerprint density at radius 2 is 2.00 bits per heavy atom. The molecule has 0 saturated heterocycles. The molecule has 3 heteroatoms. The third-order valence-electron chi connectivity index (χ3n) is 3.87. The Bertz CT molecular complexity index is 442. The van der Waals surface area contributed by atoms with Crippen LogP contribution in [0, 0.1) is 0 Å². The summed E-state index contributed by atoms with van der Waals surface area (Å²) in [5, 5.41) is 8.85. The number of rotatable bonds is 4. The molecule has 0 radical (unpaired) electrons. The number of aliphatic carboxylic acids is 1. The molecule has 0 amide bonds. The molecule has 1 N–H and O–H groups in total. The first-order chi connectivity index (χ1) is 8.58. The van der Waals surface area contributed by atoms with E-state index >= 15 is 0 Å². The number of benzene rings is 1. The molecular formula is C15H21NO2. The summed E-state index contributed by atoms with van der Waals surface area (Å²) in [5.74, 6) is -0.743. The molecule has 98 valence electrons. The number of hydrogen-bond acceptors (Lipinski definition) is 2. The number of anilines is 1. The molecule has 1 aliphatic rings. The minimum Gasteiger partial charge on any atom is -0.481 e. The van der Waals surface area contributed by atoms with Crippen LogP contribution in [-0.4, -0.2) is 24.2 Å². The van der Waals surface area contributed by atoms with Crippen molar-refractivity contribution in [3.05, 3.63) is 29.3 Å². The lowest BCUT2D eigenvalue weighted by Crippen LogP contribution is -2.31. The second-order valence-corrected chi connectivity index (χ2v) is 5.22. The molecule has 0 saturated carbocycles. The summed E-state index contributed by atoms with van der Waals surface area (Å²) in [6, 6.07) is 6.56. The highest BCUT2D eigenvalue weighted by Crippen LogP contribution is 2.26. The molecule has 2 rings (SSSR count). The van der Waals surface area contributed by atoms with Gasteiger partial charge in [0.05, 0.1) is 6.42 Å². The largest absolute Gasteiger partial charge is 0.481 e. The van der Waals surface area contributed by atoms with Crippen LogP contribution in [0.15, 0.2) is 18.2 Å². The van der Waals surface area contributed by atoms with E-state index in [4.69, 9.17) is 5.11 Å².